The summed E-state index contributed by atoms with van der Waals surface area (Å²) in [6.45, 7) is 4.04. The zero-order chi connectivity index (χ0) is 12.8. The maximum absolute atomic E-state index is 3.23. The summed E-state index contributed by atoms with van der Waals surface area (Å²) in [5, 5.41) is 3.23. The van der Waals surface area contributed by atoms with Gasteiger partial charge in [0.15, 0.2) is 0 Å². The Balaban J connectivity index is 2.39. The van der Waals surface area contributed by atoms with Gasteiger partial charge in [-0.1, -0.05) is 36.4 Å². The summed E-state index contributed by atoms with van der Waals surface area (Å²) in [6.07, 6.45) is 0. The first kappa shape index (κ1) is 12.7. The van der Waals surface area contributed by atoms with E-state index in [2.05, 4.69) is 71.7 Å². The smallest absolute Gasteiger partial charge is 0.0456 e. The summed E-state index contributed by atoms with van der Waals surface area (Å²) in [6, 6.07) is 19.1. The number of benzene rings is 2. The van der Waals surface area contributed by atoms with Crippen LogP contribution in [0, 0.1) is 0 Å². The van der Waals surface area contributed by atoms with E-state index >= 15 is 0 Å². The SMILES string of the molecule is CCN(c1ccccc1)c1ccccc1CNC. The van der Waals surface area contributed by atoms with Gasteiger partial charge in [0.05, 0.1) is 0 Å². The van der Waals surface area contributed by atoms with E-state index in [9.17, 15) is 0 Å². The van der Waals surface area contributed by atoms with Crippen molar-refractivity contribution in [1.82, 2.24) is 5.32 Å². The number of anilines is 2. The zero-order valence-corrected chi connectivity index (χ0v) is 11.1. The molecule has 2 aromatic rings. The fourth-order valence-corrected chi connectivity index (χ4v) is 2.21. The summed E-state index contributed by atoms with van der Waals surface area (Å²) < 4.78 is 0. The molecule has 2 nitrogen and oxygen atoms in total. The number of para-hydroxylation sites is 2. The molecule has 0 unspecified atom stereocenters. The molecule has 0 bridgehead atoms. The highest BCUT2D eigenvalue weighted by atomic mass is 15.1. The number of nitrogens with one attached hydrogen (secondary N) is 1. The van der Waals surface area contributed by atoms with Crippen molar-refractivity contribution >= 4 is 11.4 Å². The van der Waals surface area contributed by atoms with Crippen molar-refractivity contribution < 1.29 is 0 Å². The summed E-state index contributed by atoms with van der Waals surface area (Å²) in [5.74, 6) is 0. The van der Waals surface area contributed by atoms with Crippen LogP contribution in [0.3, 0.4) is 0 Å². The number of nitrogens with zero attached hydrogens (tertiary/aromatic N) is 1. The molecule has 0 aliphatic carbocycles. The van der Waals surface area contributed by atoms with Crippen LogP contribution in [-0.2, 0) is 6.54 Å². The van der Waals surface area contributed by atoms with Crippen molar-refractivity contribution in [2.75, 3.05) is 18.5 Å². The third-order valence-electron chi connectivity index (χ3n) is 3.03. The van der Waals surface area contributed by atoms with E-state index in [1.165, 1.54) is 16.9 Å². The first-order valence-electron chi connectivity index (χ1n) is 6.42. The van der Waals surface area contributed by atoms with Crippen molar-refractivity contribution in [3.05, 3.63) is 60.2 Å². The predicted octanol–water partition coefficient (Wildman–Crippen LogP) is 3.56. The van der Waals surface area contributed by atoms with E-state index in [4.69, 9.17) is 0 Å². The Morgan fingerprint density at radius 2 is 1.61 bits per heavy atom. The average Bonchev–Trinajstić information content (AvgIpc) is 2.43. The van der Waals surface area contributed by atoms with E-state index in [-0.39, 0.29) is 0 Å². The fraction of sp³-hybridized carbons (Fsp3) is 0.250. The van der Waals surface area contributed by atoms with E-state index in [0.29, 0.717) is 0 Å². The summed E-state index contributed by atoms with van der Waals surface area (Å²) in [7, 11) is 1.98. The van der Waals surface area contributed by atoms with Gasteiger partial charge in [0.2, 0.25) is 0 Å². The molecule has 0 saturated heterocycles. The molecule has 2 rings (SSSR count). The van der Waals surface area contributed by atoms with Crippen LogP contribution in [0.1, 0.15) is 12.5 Å². The second kappa shape index (κ2) is 6.22. The van der Waals surface area contributed by atoms with Gasteiger partial charge in [0.1, 0.15) is 0 Å². The number of hydrogen-bond acceptors (Lipinski definition) is 2. The van der Waals surface area contributed by atoms with Gasteiger partial charge in [-0.25, -0.2) is 0 Å². The van der Waals surface area contributed by atoms with Gasteiger partial charge in [-0.15, -0.1) is 0 Å². The molecule has 0 heterocycles. The third kappa shape index (κ3) is 2.71. The zero-order valence-electron chi connectivity index (χ0n) is 11.1. The highest BCUT2D eigenvalue weighted by Crippen LogP contribution is 2.27. The molecule has 0 amide bonds. The maximum atomic E-state index is 3.23. The van der Waals surface area contributed by atoms with Gasteiger partial charge in [0, 0.05) is 24.5 Å². The van der Waals surface area contributed by atoms with Gasteiger partial charge >= 0.3 is 0 Å². The molecule has 0 fully saturated rings. The summed E-state index contributed by atoms with van der Waals surface area (Å²) >= 11 is 0. The van der Waals surface area contributed by atoms with Crippen molar-refractivity contribution in [3.8, 4) is 0 Å². The Morgan fingerprint density at radius 1 is 0.944 bits per heavy atom. The Hall–Kier alpha value is -1.80. The van der Waals surface area contributed by atoms with Crippen LogP contribution in [0.2, 0.25) is 0 Å². The van der Waals surface area contributed by atoms with Gasteiger partial charge in [0.25, 0.3) is 0 Å². The first-order valence-corrected chi connectivity index (χ1v) is 6.42. The van der Waals surface area contributed by atoms with Crippen LogP contribution < -0.4 is 10.2 Å². The number of hydrogen-bond donors (Lipinski definition) is 1. The highest BCUT2D eigenvalue weighted by Gasteiger charge is 2.10. The topological polar surface area (TPSA) is 15.3 Å². The third-order valence-corrected chi connectivity index (χ3v) is 3.03. The minimum absolute atomic E-state index is 0.888. The van der Waals surface area contributed by atoms with Crippen molar-refractivity contribution in [2.24, 2.45) is 0 Å². The fourth-order valence-electron chi connectivity index (χ4n) is 2.21. The van der Waals surface area contributed by atoms with Crippen molar-refractivity contribution in [3.63, 3.8) is 0 Å². The second-order valence-electron chi connectivity index (χ2n) is 4.24. The lowest BCUT2D eigenvalue weighted by Gasteiger charge is -2.26. The molecule has 0 radical (unpaired) electrons. The van der Waals surface area contributed by atoms with Gasteiger partial charge in [-0.3, -0.25) is 0 Å². The van der Waals surface area contributed by atoms with Crippen molar-refractivity contribution in [2.45, 2.75) is 13.5 Å². The van der Waals surface area contributed by atoms with Gasteiger partial charge in [-0.2, -0.15) is 0 Å². The average molecular weight is 240 g/mol. The first-order chi connectivity index (χ1) is 8.86. The van der Waals surface area contributed by atoms with Crippen LogP contribution in [0.15, 0.2) is 54.6 Å². The minimum atomic E-state index is 0.888. The Bertz CT molecular complexity index is 479. The van der Waals surface area contributed by atoms with Crippen LogP contribution >= 0.6 is 0 Å². The predicted molar refractivity (Wildman–Crippen MR) is 78.3 cm³/mol. The molecule has 0 saturated carbocycles. The molecular weight excluding hydrogens is 220 g/mol. The number of rotatable bonds is 5. The Morgan fingerprint density at radius 3 is 2.28 bits per heavy atom. The Kier molecular flexibility index (Phi) is 4.37. The monoisotopic (exact) mass is 240 g/mol. The lowest BCUT2D eigenvalue weighted by atomic mass is 10.1. The molecule has 2 heteroatoms. The normalized spacial score (nSPS) is 10.3. The van der Waals surface area contributed by atoms with Gasteiger partial charge < -0.3 is 10.2 Å². The molecule has 94 valence electrons. The van der Waals surface area contributed by atoms with Crippen molar-refractivity contribution in [1.29, 1.82) is 0 Å². The van der Waals surface area contributed by atoms with E-state index in [1.54, 1.807) is 0 Å². The standard InChI is InChI=1S/C16H20N2/c1-3-18(15-10-5-4-6-11-15)16-12-8-7-9-14(16)13-17-2/h4-12,17H,3,13H2,1-2H3. The lowest BCUT2D eigenvalue weighted by molar-refractivity contribution is 0.813. The van der Waals surface area contributed by atoms with E-state index < -0.39 is 0 Å². The lowest BCUT2D eigenvalue weighted by Crippen LogP contribution is -2.19. The van der Waals surface area contributed by atoms with E-state index in [1.807, 2.05) is 7.05 Å². The highest BCUT2D eigenvalue weighted by molar-refractivity contribution is 5.66. The van der Waals surface area contributed by atoms with Gasteiger partial charge in [-0.05, 0) is 37.7 Å². The second-order valence-corrected chi connectivity index (χ2v) is 4.24. The molecule has 0 atom stereocenters. The minimum Gasteiger partial charge on any atom is -0.342 e. The van der Waals surface area contributed by atoms with E-state index in [0.717, 1.165) is 13.1 Å². The van der Waals surface area contributed by atoms with Crippen LogP contribution in [0.25, 0.3) is 0 Å². The molecule has 18 heavy (non-hydrogen) atoms. The maximum Gasteiger partial charge on any atom is 0.0456 e. The molecule has 1 N–H and O–H groups in total. The molecule has 0 aliphatic rings. The quantitative estimate of drug-likeness (QED) is 0.859. The Labute approximate surface area is 109 Å². The summed E-state index contributed by atoms with van der Waals surface area (Å²) in [4.78, 5) is 2.34. The summed E-state index contributed by atoms with van der Waals surface area (Å²) in [5.41, 5.74) is 3.84. The van der Waals surface area contributed by atoms with Crippen LogP contribution in [-0.4, -0.2) is 13.6 Å². The largest absolute Gasteiger partial charge is 0.342 e. The van der Waals surface area contributed by atoms with Crippen LogP contribution in [0.4, 0.5) is 11.4 Å². The molecular formula is C16H20N2. The molecule has 0 spiro atoms. The van der Waals surface area contributed by atoms with Crippen LogP contribution in [0.5, 0.6) is 0 Å². The molecule has 2 aromatic carbocycles. The molecule has 0 aromatic heterocycles. The molecule has 0 aliphatic heterocycles.